The third-order valence-electron chi connectivity index (χ3n) is 3.63. The average Bonchev–Trinajstić information content (AvgIpc) is 2.67. The summed E-state index contributed by atoms with van der Waals surface area (Å²) in [4.78, 5) is 24.2. The zero-order chi connectivity index (χ0) is 19.8. The van der Waals surface area contributed by atoms with Crippen LogP contribution in [0.25, 0.3) is 6.08 Å². The van der Waals surface area contributed by atoms with E-state index < -0.39 is 5.91 Å². The number of carbonyl (C=O) groups is 2. The summed E-state index contributed by atoms with van der Waals surface area (Å²) in [6, 6.07) is 12.2. The Morgan fingerprint density at radius 3 is 2.19 bits per heavy atom. The molecule has 0 bridgehead atoms. The van der Waals surface area contributed by atoms with Crippen molar-refractivity contribution in [1.29, 1.82) is 0 Å². The summed E-state index contributed by atoms with van der Waals surface area (Å²) in [7, 11) is 4.57. The molecule has 0 spiro atoms. The van der Waals surface area contributed by atoms with Gasteiger partial charge in [0.15, 0.2) is 11.5 Å². The van der Waals surface area contributed by atoms with Gasteiger partial charge in [0.05, 0.1) is 27.0 Å². The van der Waals surface area contributed by atoms with E-state index in [1.54, 1.807) is 48.5 Å². The summed E-state index contributed by atoms with van der Waals surface area (Å²) in [5.41, 5.74) is 1.24. The Morgan fingerprint density at radius 2 is 1.56 bits per heavy atom. The molecule has 0 aliphatic carbocycles. The first-order chi connectivity index (χ1) is 13.0. The molecular weight excluding hydrogens is 348 g/mol. The van der Waals surface area contributed by atoms with Crippen LogP contribution in [0, 0.1) is 0 Å². The fraction of sp³-hybridized carbons (Fsp3) is 0.200. The smallest absolute Gasteiger partial charge is 0.272 e. The van der Waals surface area contributed by atoms with Crippen LogP contribution < -0.4 is 24.8 Å². The Hall–Kier alpha value is -3.48. The molecular formula is C20H22N2O5. The lowest BCUT2D eigenvalue weighted by Crippen LogP contribution is -2.29. The molecule has 0 radical (unpaired) electrons. The molecule has 0 aliphatic heterocycles. The quantitative estimate of drug-likeness (QED) is 0.732. The number of para-hydroxylation sites is 2. The number of nitrogens with one attached hydrogen (secondary N) is 2. The summed E-state index contributed by atoms with van der Waals surface area (Å²) in [5, 5.41) is 5.28. The molecule has 0 saturated heterocycles. The molecule has 142 valence electrons. The molecule has 0 aromatic heterocycles. The monoisotopic (exact) mass is 370 g/mol. The van der Waals surface area contributed by atoms with E-state index in [9.17, 15) is 9.59 Å². The molecule has 7 nitrogen and oxygen atoms in total. The highest BCUT2D eigenvalue weighted by Crippen LogP contribution is 2.28. The first kappa shape index (κ1) is 19.8. The van der Waals surface area contributed by atoms with Crippen LogP contribution in [0.2, 0.25) is 0 Å². The van der Waals surface area contributed by atoms with Crippen molar-refractivity contribution in [1.82, 2.24) is 5.32 Å². The van der Waals surface area contributed by atoms with Gasteiger partial charge in [-0.05, 0) is 35.9 Å². The third kappa shape index (κ3) is 5.24. The van der Waals surface area contributed by atoms with Gasteiger partial charge in [0, 0.05) is 6.92 Å². The maximum atomic E-state index is 12.7. The van der Waals surface area contributed by atoms with E-state index >= 15 is 0 Å². The Bertz CT molecular complexity index is 861. The van der Waals surface area contributed by atoms with Crippen molar-refractivity contribution in [3.63, 3.8) is 0 Å². The molecule has 2 aromatic carbocycles. The number of rotatable bonds is 7. The summed E-state index contributed by atoms with van der Waals surface area (Å²) in [6.45, 7) is 1.33. The molecule has 0 atom stereocenters. The first-order valence-corrected chi connectivity index (χ1v) is 8.14. The van der Waals surface area contributed by atoms with Crippen LogP contribution in [-0.4, -0.2) is 33.1 Å². The number of hydrogen-bond acceptors (Lipinski definition) is 5. The standard InChI is InChI=1S/C20H22N2O5/c1-13(23)21-16(11-14-9-10-18(26-3)19(12-14)27-4)20(24)22-15-7-5-6-8-17(15)25-2/h5-12H,1-4H3,(H,21,23)(H,22,24). The number of hydrogen-bond donors (Lipinski definition) is 2. The number of ether oxygens (including phenoxy) is 3. The highest BCUT2D eigenvalue weighted by Gasteiger charge is 2.14. The van der Waals surface area contributed by atoms with Gasteiger partial charge in [-0.25, -0.2) is 0 Å². The molecule has 2 N–H and O–H groups in total. The van der Waals surface area contributed by atoms with Gasteiger partial charge in [-0.3, -0.25) is 9.59 Å². The number of anilines is 1. The number of benzene rings is 2. The van der Waals surface area contributed by atoms with Gasteiger partial charge in [-0.2, -0.15) is 0 Å². The van der Waals surface area contributed by atoms with E-state index in [4.69, 9.17) is 14.2 Å². The minimum atomic E-state index is -0.482. The van der Waals surface area contributed by atoms with Crippen LogP contribution in [0.3, 0.4) is 0 Å². The average molecular weight is 370 g/mol. The Kier molecular flexibility index (Phi) is 6.82. The molecule has 0 saturated carbocycles. The Morgan fingerprint density at radius 1 is 0.889 bits per heavy atom. The van der Waals surface area contributed by atoms with Gasteiger partial charge in [0.25, 0.3) is 5.91 Å². The van der Waals surface area contributed by atoms with Gasteiger partial charge < -0.3 is 24.8 Å². The molecule has 2 aromatic rings. The lowest BCUT2D eigenvalue weighted by molar-refractivity contribution is -0.120. The first-order valence-electron chi connectivity index (χ1n) is 8.14. The van der Waals surface area contributed by atoms with Gasteiger partial charge in [0.1, 0.15) is 11.4 Å². The minimum absolute atomic E-state index is 0.0839. The van der Waals surface area contributed by atoms with E-state index in [1.807, 2.05) is 0 Å². The second-order valence-corrected chi connectivity index (χ2v) is 5.51. The van der Waals surface area contributed by atoms with E-state index in [0.717, 1.165) is 0 Å². The van der Waals surface area contributed by atoms with Crippen LogP contribution in [-0.2, 0) is 9.59 Å². The summed E-state index contributed by atoms with van der Waals surface area (Å²) < 4.78 is 15.7. The van der Waals surface area contributed by atoms with Crippen molar-refractivity contribution in [2.75, 3.05) is 26.6 Å². The van der Waals surface area contributed by atoms with Crippen molar-refractivity contribution >= 4 is 23.6 Å². The molecule has 0 fully saturated rings. The van der Waals surface area contributed by atoms with Crippen molar-refractivity contribution in [2.24, 2.45) is 0 Å². The van der Waals surface area contributed by atoms with Gasteiger partial charge in [-0.1, -0.05) is 18.2 Å². The zero-order valence-corrected chi connectivity index (χ0v) is 15.7. The second-order valence-electron chi connectivity index (χ2n) is 5.51. The second kappa shape index (κ2) is 9.28. The fourth-order valence-electron chi connectivity index (χ4n) is 2.39. The number of methoxy groups -OCH3 is 3. The summed E-state index contributed by atoms with van der Waals surface area (Å²) in [5.74, 6) is 0.744. The SMILES string of the molecule is COc1ccccc1NC(=O)C(=Cc1ccc(OC)c(OC)c1)NC(C)=O. The largest absolute Gasteiger partial charge is 0.495 e. The lowest BCUT2D eigenvalue weighted by Gasteiger charge is -2.13. The molecule has 27 heavy (non-hydrogen) atoms. The molecule has 7 heteroatoms. The maximum Gasteiger partial charge on any atom is 0.272 e. The number of amides is 2. The minimum Gasteiger partial charge on any atom is -0.495 e. The molecule has 0 heterocycles. The highest BCUT2D eigenvalue weighted by atomic mass is 16.5. The predicted octanol–water partition coefficient (Wildman–Crippen LogP) is 2.83. The summed E-state index contributed by atoms with van der Waals surface area (Å²) in [6.07, 6.45) is 1.55. The fourth-order valence-corrected chi connectivity index (χ4v) is 2.39. The third-order valence-corrected chi connectivity index (χ3v) is 3.63. The topological polar surface area (TPSA) is 85.9 Å². The van der Waals surface area contributed by atoms with Crippen LogP contribution in [0.1, 0.15) is 12.5 Å². The normalized spacial score (nSPS) is 10.7. The van der Waals surface area contributed by atoms with Crippen LogP contribution in [0.5, 0.6) is 17.2 Å². The van der Waals surface area contributed by atoms with Crippen molar-refractivity contribution < 1.29 is 23.8 Å². The van der Waals surface area contributed by atoms with E-state index in [1.165, 1.54) is 28.3 Å². The Balaban J connectivity index is 2.35. The molecule has 0 unspecified atom stereocenters. The highest BCUT2D eigenvalue weighted by molar-refractivity contribution is 6.09. The van der Waals surface area contributed by atoms with Crippen LogP contribution >= 0.6 is 0 Å². The molecule has 0 aliphatic rings. The molecule has 2 amide bonds. The van der Waals surface area contributed by atoms with E-state index in [0.29, 0.717) is 28.5 Å². The summed E-state index contributed by atoms with van der Waals surface area (Å²) >= 11 is 0. The van der Waals surface area contributed by atoms with E-state index in [-0.39, 0.29) is 11.6 Å². The van der Waals surface area contributed by atoms with Crippen molar-refractivity contribution in [2.45, 2.75) is 6.92 Å². The lowest BCUT2D eigenvalue weighted by atomic mass is 10.1. The van der Waals surface area contributed by atoms with Gasteiger partial charge in [-0.15, -0.1) is 0 Å². The van der Waals surface area contributed by atoms with Gasteiger partial charge >= 0.3 is 0 Å². The maximum absolute atomic E-state index is 12.7. The predicted molar refractivity (Wildman–Crippen MR) is 103 cm³/mol. The van der Waals surface area contributed by atoms with Crippen molar-refractivity contribution in [3.8, 4) is 17.2 Å². The van der Waals surface area contributed by atoms with E-state index in [2.05, 4.69) is 10.6 Å². The zero-order valence-electron chi connectivity index (χ0n) is 15.7. The van der Waals surface area contributed by atoms with Crippen LogP contribution in [0.15, 0.2) is 48.2 Å². The van der Waals surface area contributed by atoms with Crippen molar-refractivity contribution in [3.05, 3.63) is 53.7 Å². The Labute approximate surface area is 157 Å². The molecule has 2 rings (SSSR count). The van der Waals surface area contributed by atoms with Gasteiger partial charge in [0.2, 0.25) is 5.91 Å². The van der Waals surface area contributed by atoms with Crippen LogP contribution in [0.4, 0.5) is 5.69 Å². The number of carbonyl (C=O) groups excluding carboxylic acids is 2.